The van der Waals surface area contributed by atoms with Gasteiger partial charge in [-0.15, -0.1) is 0 Å². The summed E-state index contributed by atoms with van der Waals surface area (Å²) < 4.78 is 28.8. The van der Waals surface area contributed by atoms with Crippen molar-refractivity contribution in [1.29, 1.82) is 0 Å². The third-order valence-corrected chi connectivity index (χ3v) is 5.11. The first-order valence-corrected chi connectivity index (χ1v) is 9.22. The van der Waals surface area contributed by atoms with E-state index in [1.165, 1.54) is 36.7 Å². The van der Waals surface area contributed by atoms with E-state index in [1.807, 2.05) is 0 Å². The van der Waals surface area contributed by atoms with E-state index in [4.69, 9.17) is 0 Å². The van der Waals surface area contributed by atoms with Crippen LogP contribution < -0.4 is 10.0 Å². The van der Waals surface area contributed by atoms with Gasteiger partial charge in [-0.3, -0.25) is 19.2 Å². The van der Waals surface area contributed by atoms with E-state index < -0.39 is 10.0 Å². The third-order valence-electron chi connectivity index (χ3n) is 3.71. The van der Waals surface area contributed by atoms with Crippen molar-refractivity contribution in [3.05, 3.63) is 72.3 Å². The fraction of sp³-hybridized carbons (Fsp3) is 0.118. The highest BCUT2D eigenvalue weighted by Gasteiger charge is 2.15. The Morgan fingerprint density at radius 3 is 2.35 bits per heavy atom. The zero-order valence-electron chi connectivity index (χ0n) is 14.0. The molecule has 0 unspecified atom stereocenters. The van der Waals surface area contributed by atoms with Crippen molar-refractivity contribution in [3.8, 4) is 0 Å². The molecule has 2 aromatic heterocycles. The van der Waals surface area contributed by atoms with Crippen molar-refractivity contribution in [2.24, 2.45) is 7.05 Å². The number of carbonyl (C=O) groups excluding carboxylic acids is 1. The fourth-order valence-electron chi connectivity index (χ4n) is 2.27. The van der Waals surface area contributed by atoms with Gasteiger partial charge in [0.25, 0.3) is 15.9 Å². The maximum absolute atomic E-state index is 12.4. The average molecular weight is 371 g/mol. The number of benzene rings is 1. The number of anilines is 1. The van der Waals surface area contributed by atoms with Gasteiger partial charge in [0.05, 0.1) is 22.8 Å². The molecule has 0 aliphatic carbocycles. The highest BCUT2D eigenvalue weighted by molar-refractivity contribution is 7.92. The van der Waals surface area contributed by atoms with Crippen LogP contribution in [-0.2, 0) is 23.6 Å². The van der Waals surface area contributed by atoms with E-state index in [-0.39, 0.29) is 10.8 Å². The first kappa shape index (κ1) is 17.6. The number of nitrogens with one attached hydrogen (secondary N) is 2. The van der Waals surface area contributed by atoms with Gasteiger partial charge >= 0.3 is 0 Å². The van der Waals surface area contributed by atoms with E-state index in [0.717, 1.165) is 5.69 Å². The lowest BCUT2D eigenvalue weighted by Gasteiger charge is -2.09. The molecule has 0 saturated carbocycles. The quantitative estimate of drug-likeness (QED) is 0.684. The molecule has 0 spiro atoms. The molecule has 134 valence electrons. The normalized spacial score (nSPS) is 11.1. The van der Waals surface area contributed by atoms with Crippen LogP contribution in [0.1, 0.15) is 16.1 Å². The zero-order valence-corrected chi connectivity index (χ0v) is 14.8. The van der Waals surface area contributed by atoms with Gasteiger partial charge in [0.1, 0.15) is 0 Å². The Morgan fingerprint density at radius 1 is 1.04 bits per heavy atom. The van der Waals surface area contributed by atoms with E-state index in [2.05, 4.69) is 20.1 Å². The number of aromatic nitrogens is 3. The van der Waals surface area contributed by atoms with Gasteiger partial charge < -0.3 is 5.32 Å². The molecule has 26 heavy (non-hydrogen) atoms. The summed E-state index contributed by atoms with van der Waals surface area (Å²) in [5.41, 5.74) is 1.65. The summed E-state index contributed by atoms with van der Waals surface area (Å²) >= 11 is 0. The van der Waals surface area contributed by atoms with E-state index in [0.29, 0.717) is 17.8 Å². The lowest BCUT2D eigenvalue weighted by atomic mass is 10.2. The predicted molar refractivity (Wildman–Crippen MR) is 95.9 cm³/mol. The summed E-state index contributed by atoms with van der Waals surface area (Å²) in [6.45, 7) is 0.332. The van der Waals surface area contributed by atoms with Crippen LogP contribution in [0.25, 0.3) is 0 Å². The molecule has 0 atom stereocenters. The van der Waals surface area contributed by atoms with Crippen LogP contribution in [0.15, 0.2) is 66.0 Å². The number of amides is 1. The summed E-state index contributed by atoms with van der Waals surface area (Å²) in [7, 11) is -1.94. The van der Waals surface area contributed by atoms with Gasteiger partial charge in [0.2, 0.25) is 0 Å². The molecule has 1 amide bonds. The fourth-order valence-corrected chi connectivity index (χ4v) is 3.33. The maximum atomic E-state index is 12.4. The van der Waals surface area contributed by atoms with Crippen molar-refractivity contribution in [1.82, 2.24) is 20.1 Å². The molecule has 0 fully saturated rings. The molecule has 2 N–H and O–H groups in total. The molecular weight excluding hydrogens is 354 g/mol. The second-order valence-corrected chi connectivity index (χ2v) is 7.18. The summed E-state index contributed by atoms with van der Waals surface area (Å²) in [6.07, 6.45) is 4.64. The van der Waals surface area contributed by atoms with Gasteiger partial charge in [0.15, 0.2) is 0 Å². The largest absolute Gasteiger partial charge is 0.346 e. The second-order valence-electron chi connectivity index (χ2n) is 5.49. The third kappa shape index (κ3) is 4.06. The summed E-state index contributed by atoms with van der Waals surface area (Å²) in [6, 6.07) is 10.6. The minimum absolute atomic E-state index is 0.0671. The molecule has 0 aliphatic heterocycles. The van der Waals surface area contributed by atoms with Gasteiger partial charge in [-0.1, -0.05) is 0 Å². The average Bonchev–Trinajstić information content (AvgIpc) is 3.05. The summed E-state index contributed by atoms with van der Waals surface area (Å²) in [5.74, 6) is -0.294. The molecule has 0 saturated heterocycles. The van der Waals surface area contributed by atoms with Gasteiger partial charge in [-0.25, -0.2) is 8.42 Å². The van der Waals surface area contributed by atoms with Crippen molar-refractivity contribution in [3.63, 3.8) is 0 Å². The van der Waals surface area contributed by atoms with Gasteiger partial charge in [0, 0.05) is 31.2 Å². The van der Waals surface area contributed by atoms with Crippen molar-refractivity contribution >= 4 is 21.6 Å². The van der Waals surface area contributed by atoms with Crippen LogP contribution in [0.2, 0.25) is 0 Å². The Morgan fingerprint density at radius 2 is 1.73 bits per heavy atom. The molecule has 0 radical (unpaired) electrons. The van der Waals surface area contributed by atoms with Crippen molar-refractivity contribution in [2.75, 3.05) is 4.72 Å². The van der Waals surface area contributed by atoms with E-state index in [1.54, 1.807) is 36.1 Å². The summed E-state index contributed by atoms with van der Waals surface area (Å²) in [5, 5.41) is 6.80. The number of rotatable bonds is 6. The van der Waals surface area contributed by atoms with Crippen LogP contribution >= 0.6 is 0 Å². The molecule has 3 rings (SSSR count). The second kappa shape index (κ2) is 7.36. The maximum Gasteiger partial charge on any atom is 0.261 e. The number of nitrogens with zero attached hydrogens (tertiary/aromatic N) is 3. The SMILES string of the molecule is Cn1nccc1CNC(=O)c1ccc(S(=O)(=O)Nc2ccncc2)cc1. The van der Waals surface area contributed by atoms with Crippen LogP contribution in [0.4, 0.5) is 5.69 Å². The van der Waals surface area contributed by atoms with Crippen LogP contribution in [0.3, 0.4) is 0 Å². The Bertz CT molecular complexity index is 998. The van der Waals surface area contributed by atoms with E-state index in [9.17, 15) is 13.2 Å². The summed E-state index contributed by atoms with van der Waals surface area (Å²) in [4.78, 5) is 16.1. The van der Waals surface area contributed by atoms with Crippen LogP contribution in [0.5, 0.6) is 0 Å². The van der Waals surface area contributed by atoms with E-state index >= 15 is 0 Å². The molecule has 9 heteroatoms. The smallest absolute Gasteiger partial charge is 0.261 e. The standard InChI is InChI=1S/C17H17N5O3S/c1-22-15(8-11-20-22)12-19-17(23)13-2-4-16(5-3-13)26(24,25)21-14-6-9-18-10-7-14/h2-11H,12H2,1H3,(H,18,21)(H,19,23). The Kier molecular flexibility index (Phi) is 4.99. The van der Waals surface area contributed by atoms with Crippen molar-refractivity contribution in [2.45, 2.75) is 11.4 Å². The number of hydrogen-bond acceptors (Lipinski definition) is 5. The Balaban J connectivity index is 1.67. The molecular formula is C17H17N5O3S. The number of aryl methyl sites for hydroxylation is 1. The zero-order chi connectivity index (χ0) is 18.6. The number of sulfonamides is 1. The highest BCUT2D eigenvalue weighted by Crippen LogP contribution is 2.16. The molecule has 8 nitrogen and oxygen atoms in total. The first-order chi connectivity index (χ1) is 12.5. The van der Waals surface area contributed by atoms with Gasteiger partial charge in [-0.05, 0) is 42.5 Å². The Labute approximate surface area is 150 Å². The topological polar surface area (TPSA) is 106 Å². The number of hydrogen-bond donors (Lipinski definition) is 2. The first-order valence-electron chi connectivity index (χ1n) is 7.74. The molecule has 1 aromatic carbocycles. The lowest BCUT2D eigenvalue weighted by Crippen LogP contribution is -2.24. The Hall–Kier alpha value is -3.20. The highest BCUT2D eigenvalue weighted by atomic mass is 32.2. The lowest BCUT2D eigenvalue weighted by molar-refractivity contribution is 0.0950. The molecule has 2 heterocycles. The number of pyridine rings is 1. The minimum atomic E-state index is -3.73. The number of carbonyl (C=O) groups is 1. The van der Waals surface area contributed by atoms with Crippen LogP contribution in [-0.4, -0.2) is 29.1 Å². The monoisotopic (exact) mass is 371 g/mol. The van der Waals surface area contributed by atoms with Gasteiger partial charge in [-0.2, -0.15) is 5.10 Å². The minimum Gasteiger partial charge on any atom is -0.346 e. The molecule has 0 bridgehead atoms. The molecule has 3 aromatic rings. The van der Waals surface area contributed by atoms with Crippen LogP contribution in [0, 0.1) is 0 Å². The molecule has 0 aliphatic rings. The van der Waals surface area contributed by atoms with Crippen molar-refractivity contribution < 1.29 is 13.2 Å². The predicted octanol–water partition coefficient (Wildman–Crippen LogP) is 1.55.